The molecule has 0 aromatic heterocycles. The Morgan fingerprint density at radius 2 is 1.48 bits per heavy atom. The van der Waals surface area contributed by atoms with Gasteiger partial charge in [0.2, 0.25) is 0 Å². The van der Waals surface area contributed by atoms with Gasteiger partial charge in [-0.25, -0.2) is 8.42 Å². The largest absolute Gasteiger partial charge is 0.497 e. The number of anilines is 1. The van der Waals surface area contributed by atoms with E-state index in [0.29, 0.717) is 22.1 Å². The predicted molar refractivity (Wildman–Crippen MR) is 173 cm³/mol. The number of likely N-dealkylation sites (tertiary alicyclic amines) is 2. The van der Waals surface area contributed by atoms with Gasteiger partial charge in [-0.3, -0.25) is 19.3 Å². The molecule has 0 unspecified atom stereocenters. The van der Waals surface area contributed by atoms with Crippen LogP contribution in [0.3, 0.4) is 0 Å². The SMILES string of the molecule is CCC(NC(=O)c1ccc(S(=O)(=O)Nc2ccccc2Oc2ccc(OC)cc2Cl)cc1)(N1CCCCC1)N1CCCCC1. The molecule has 2 aliphatic rings. The lowest BCUT2D eigenvalue weighted by Gasteiger charge is -2.53. The Labute approximate surface area is 265 Å². The highest BCUT2D eigenvalue weighted by atomic mass is 35.5. The van der Waals surface area contributed by atoms with Crippen LogP contribution in [0, 0.1) is 0 Å². The van der Waals surface area contributed by atoms with Crippen LogP contribution >= 0.6 is 11.6 Å². The van der Waals surface area contributed by atoms with Crippen molar-refractivity contribution in [1.29, 1.82) is 0 Å². The number of carbonyl (C=O) groups excluding carboxylic acids is 1. The Balaban J connectivity index is 1.32. The van der Waals surface area contributed by atoms with E-state index in [9.17, 15) is 13.2 Å². The first-order chi connectivity index (χ1) is 21.3. The Hall–Kier alpha value is -3.31. The summed E-state index contributed by atoms with van der Waals surface area (Å²) in [4.78, 5) is 18.6. The zero-order valence-corrected chi connectivity index (χ0v) is 26.9. The number of amides is 1. The maximum absolute atomic E-state index is 13.7. The first-order valence-electron chi connectivity index (χ1n) is 15.3. The lowest BCUT2D eigenvalue weighted by Crippen LogP contribution is -2.71. The molecule has 0 bridgehead atoms. The lowest BCUT2D eigenvalue weighted by atomic mass is 10.0. The molecule has 0 spiro atoms. The van der Waals surface area contributed by atoms with Crippen molar-refractivity contribution in [3.8, 4) is 17.2 Å². The van der Waals surface area contributed by atoms with Crippen LogP contribution in [0.5, 0.6) is 17.2 Å². The van der Waals surface area contributed by atoms with E-state index in [2.05, 4.69) is 26.8 Å². The summed E-state index contributed by atoms with van der Waals surface area (Å²) in [5.74, 6) is 0.444. The van der Waals surface area contributed by atoms with Crippen LogP contribution < -0.4 is 19.5 Å². The van der Waals surface area contributed by atoms with E-state index in [1.807, 2.05) is 0 Å². The molecular formula is C33H41ClN4O5S. The van der Waals surface area contributed by atoms with Gasteiger partial charge >= 0.3 is 0 Å². The summed E-state index contributed by atoms with van der Waals surface area (Å²) in [7, 11) is -2.46. The van der Waals surface area contributed by atoms with E-state index in [1.54, 1.807) is 61.7 Å². The van der Waals surface area contributed by atoms with Crippen LogP contribution in [0.15, 0.2) is 71.6 Å². The summed E-state index contributed by atoms with van der Waals surface area (Å²) in [5.41, 5.74) is 0.658. The number of methoxy groups -OCH3 is 1. The number of halogens is 1. The summed E-state index contributed by atoms with van der Waals surface area (Å²) in [6.07, 6.45) is 7.65. The van der Waals surface area contributed by atoms with Crippen molar-refractivity contribution in [2.24, 2.45) is 0 Å². The van der Waals surface area contributed by atoms with Crippen molar-refractivity contribution in [2.75, 3.05) is 38.0 Å². The first kappa shape index (κ1) is 32.1. The molecule has 3 aromatic carbocycles. The number of piperidine rings is 2. The van der Waals surface area contributed by atoms with Gasteiger partial charge in [0.25, 0.3) is 15.9 Å². The third kappa shape index (κ3) is 7.15. The molecule has 11 heteroatoms. The smallest absolute Gasteiger partial charge is 0.262 e. The van der Waals surface area contributed by atoms with E-state index in [1.165, 1.54) is 25.0 Å². The second-order valence-electron chi connectivity index (χ2n) is 11.2. The second-order valence-corrected chi connectivity index (χ2v) is 13.3. The van der Waals surface area contributed by atoms with Gasteiger partial charge in [-0.1, -0.05) is 43.5 Å². The number of nitrogens with zero attached hydrogens (tertiary/aromatic N) is 2. The minimum Gasteiger partial charge on any atom is -0.497 e. The molecule has 2 aliphatic heterocycles. The van der Waals surface area contributed by atoms with Crippen LogP contribution in [-0.4, -0.2) is 63.2 Å². The van der Waals surface area contributed by atoms with Gasteiger partial charge in [0.15, 0.2) is 11.5 Å². The average molecular weight is 641 g/mol. The van der Waals surface area contributed by atoms with E-state index in [-0.39, 0.29) is 22.2 Å². The molecule has 5 rings (SSSR count). The number of ether oxygens (including phenoxy) is 2. The van der Waals surface area contributed by atoms with Gasteiger partial charge in [0.1, 0.15) is 11.5 Å². The van der Waals surface area contributed by atoms with Crippen LogP contribution in [0.2, 0.25) is 5.02 Å². The zero-order valence-electron chi connectivity index (χ0n) is 25.4. The molecule has 1 amide bonds. The van der Waals surface area contributed by atoms with Gasteiger partial charge < -0.3 is 14.8 Å². The Bertz CT molecular complexity index is 1520. The number of rotatable bonds is 11. The van der Waals surface area contributed by atoms with E-state index in [0.717, 1.165) is 58.3 Å². The number of benzene rings is 3. The van der Waals surface area contributed by atoms with Crippen LogP contribution in [-0.2, 0) is 10.0 Å². The number of hydrogen-bond acceptors (Lipinski definition) is 7. The fraction of sp³-hybridized carbons (Fsp3) is 0.424. The molecule has 2 saturated heterocycles. The molecule has 9 nitrogen and oxygen atoms in total. The lowest BCUT2D eigenvalue weighted by molar-refractivity contribution is -0.0970. The standard InChI is InChI=1S/C33H41ClN4O5S/c1-3-33(37-20-8-4-9-21-37,38-22-10-5-11-23-38)35-32(39)25-14-17-27(18-15-25)44(40,41)36-29-12-6-7-13-31(29)43-30-19-16-26(42-2)24-28(30)34/h6-7,12-19,24,36H,3-5,8-11,20-23H2,1-2H3,(H,35,39). The number of nitrogens with one attached hydrogen (secondary N) is 2. The third-order valence-corrected chi connectivity index (χ3v) is 10.2. The van der Waals surface area contributed by atoms with Crippen LogP contribution in [0.25, 0.3) is 0 Å². The van der Waals surface area contributed by atoms with Gasteiger partial charge in [0, 0.05) is 37.8 Å². The number of carbonyl (C=O) groups is 1. The molecule has 0 radical (unpaired) electrons. The quantitative estimate of drug-likeness (QED) is 0.240. The Kier molecular flexibility index (Phi) is 10.4. The monoisotopic (exact) mass is 640 g/mol. The number of sulfonamides is 1. The van der Waals surface area contributed by atoms with Crippen LogP contribution in [0.1, 0.15) is 62.2 Å². The fourth-order valence-corrected chi connectivity index (χ4v) is 7.39. The summed E-state index contributed by atoms with van der Waals surface area (Å²) in [6.45, 7) is 5.92. The van der Waals surface area contributed by atoms with E-state index >= 15 is 0 Å². The number of hydrogen-bond donors (Lipinski definition) is 2. The molecule has 44 heavy (non-hydrogen) atoms. The summed E-state index contributed by atoms with van der Waals surface area (Å²) < 4.78 is 40.6. The first-order valence-corrected chi connectivity index (χ1v) is 17.2. The topological polar surface area (TPSA) is 100 Å². The normalized spacial score (nSPS) is 16.7. The zero-order chi connectivity index (χ0) is 31.2. The van der Waals surface area contributed by atoms with Gasteiger partial charge in [-0.05, 0) is 80.6 Å². The van der Waals surface area contributed by atoms with Crippen molar-refractivity contribution in [2.45, 2.75) is 62.6 Å². The van der Waals surface area contributed by atoms with Crippen molar-refractivity contribution in [3.63, 3.8) is 0 Å². The highest BCUT2D eigenvalue weighted by Crippen LogP contribution is 2.36. The van der Waals surface area contributed by atoms with E-state index in [4.69, 9.17) is 21.1 Å². The predicted octanol–water partition coefficient (Wildman–Crippen LogP) is 6.71. The van der Waals surface area contributed by atoms with Gasteiger partial charge in [-0.2, -0.15) is 0 Å². The molecule has 2 N–H and O–H groups in total. The summed E-state index contributed by atoms with van der Waals surface area (Å²) >= 11 is 6.34. The highest BCUT2D eigenvalue weighted by molar-refractivity contribution is 7.92. The van der Waals surface area contributed by atoms with Gasteiger partial charge in [-0.15, -0.1) is 0 Å². The average Bonchev–Trinajstić information content (AvgIpc) is 3.06. The second kappa shape index (κ2) is 14.2. The molecule has 236 valence electrons. The molecule has 3 aromatic rings. The van der Waals surface area contributed by atoms with E-state index < -0.39 is 15.8 Å². The van der Waals surface area contributed by atoms with Crippen molar-refractivity contribution >= 4 is 33.2 Å². The molecule has 0 aliphatic carbocycles. The number of para-hydroxylation sites is 2. The third-order valence-electron chi connectivity index (χ3n) is 8.48. The molecular weight excluding hydrogens is 600 g/mol. The van der Waals surface area contributed by atoms with Crippen molar-refractivity contribution in [1.82, 2.24) is 15.1 Å². The molecule has 0 saturated carbocycles. The minimum atomic E-state index is -4.00. The Morgan fingerprint density at radius 3 is 2.05 bits per heavy atom. The van der Waals surface area contributed by atoms with Crippen molar-refractivity contribution in [3.05, 3.63) is 77.3 Å². The Morgan fingerprint density at radius 1 is 0.864 bits per heavy atom. The maximum atomic E-state index is 13.7. The highest BCUT2D eigenvalue weighted by Gasteiger charge is 2.43. The van der Waals surface area contributed by atoms with Gasteiger partial charge in [0.05, 0.1) is 22.7 Å². The van der Waals surface area contributed by atoms with Crippen molar-refractivity contribution < 1.29 is 22.7 Å². The fourth-order valence-electron chi connectivity index (χ4n) is 6.11. The maximum Gasteiger partial charge on any atom is 0.262 e. The molecule has 2 heterocycles. The minimum absolute atomic E-state index is 0.0279. The van der Waals surface area contributed by atoms with Crippen LogP contribution in [0.4, 0.5) is 5.69 Å². The summed E-state index contributed by atoms with van der Waals surface area (Å²) in [6, 6.07) is 17.7. The molecule has 2 fully saturated rings. The summed E-state index contributed by atoms with van der Waals surface area (Å²) in [5, 5.41) is 3.71. The molecule has 0 atom stereocenters.